The van der Waals surface area contributed by atoms with Gasteiger partial charge in [-0.3, -0.25) is 14.9 Å². The number of benzene rings is 2. The third-order valence-electron chi connectivity index (χ3n) is 3.86. The maximum absolute atomic E-state index is 12.3. The SMILES string of the molecule is CCOc1ccc(NC(=O)COC(=O)c2cc([N+](=O)[O-])ccc2NC)cc1OCC. The molecule has 0 atom stereocenters. The zero-order valence-electron chi connectivity index (χ0n) is 16.9. The Morgan fingerprint density at radius 1 is 1.03 bits per heavy atom. The zero-order chi connectivity index (χ0) is 22.1. The number of non-ortho nitro benzene ring substituents is 1. The van der Waals surface area contributed by atoms with Crippen LogP contribution < -0.4 is 20.1 Å². The van der Waals surface area contributed by atoms with E-state index in [1.54, 1.807) is 25.2 Å². The second-order valence-corrected chi connectivity index (χ2v) is 5.89. The number of nitro benzene ring substituents is 1. The summed E-state index contributed by atoms with van der Waals surface area (Å²) in [5, 5.41) is 16.3. The van der Waals surface area contributed by atoms with Crippen LogP contribution in [0.3, 0.4) is 0 Å². The fraction of sp³-hybridized carbons (Fsp3) is 0.300. The van der Waals surface area contributed by atoms with Crippen LogP contribution in [0.15, 0.2) is 36.4 Å². The first-order valence-electron chi connectivity index (χ1n) is 9.22. The molecule has 0 radical (unpaired) electrons. The highest BCUT2D eigenvalue weighted by Crippen LogP contribution is 2.30. The molecule has 0 heterocycles. The number of carbonyl (C=O) groups is 2. The standard InChI is InChI=1S/C20H23N3O7/c1-4-28-17-9-6-13(10-18(17)29-5-2)22-19(24)12-30-20(25)15-11-14(23(26)27)7-8-16(15)21-3/h6-11,21H,4-5,12H2,1-3H3,(H,22,24). The van der Waals surface area contributed by atoms with E-state index in [9.17, 15) is 19.7 Å². The molecular formula is C20H23N3O7. The van der Waals surface area contributed by atoms with Gasteiger partial charge in [-0.2, -0.15) is 0 Å². The molecule has 0 spiro atoms. The van der Waals surface area contributed by atoms with Crippen molar-refractivity contribution in [3.63, 3.8) is 0 Å². The molecule has 2 N–H and O–H groups in total. The molecule has 0 aliphatic heterocycles. The van der Waals surface area contributed by atoms with Gasteiger partial charge >= 0.3 is 5.97 Å². The van der Waals surface area contributed by atoms with Gasteiger partial charge in [-0.15, -0.1) is 0 Å². The fourth-order valence-corrected chi connectivity index (χ4v) is 2.57. The number of hydrogen-bond donors (Lipinski definition) is 2. The van der Waals surface area contributed by atoms with E-state index < -0.39 is 23.4 Å². The Hall–Kier alpha value is -3.82. The molecule has 2 rings (SSSR count). The Bertz CT molecular complexity index is 931. The van der Waals surface area contributed by atoms with Gasteiger partial charge in [0.2, 0.25) is 0 Å². The fourth-order valence-electron chi connectivity index (χ4n) is 2.57. The number of ether oxygens (including phenoxy) is 3. The summed E-state index contributed by atoms with van der Waals surface area (Å²) in [6.45, 7) is 4.00. The summed E-state index contributed by atoms with van der Waals surface area (Å²) in [5.74, 6) is -0.412. The van der Waals surface area contributed by atoms with Crippen LogP contribution in [-0.2, 0) is 9.53 Å². The first-order valence-corrected chi connectivity index (χ1v) is 9.22. The van der Waals surface area contributed by atoms with Gasteiger partial charge in [0.1, 0.15) is 0 Å². The number of hydrogen-bond acceptors (Lipinski definition) is 8. The van der Waals surface area contributed by atoms with Crippen molar-refractivity contribution in [2.75, 3.05) is 37.5 Å². The molecule has 0 aliphatic carbocycles. The quantitative estimate of drug-likeness (QED) is 0.342. The maximum atomic E-state index is 12.3. The lowest BCUT2D eigenvalue weighted by atomic mass is 10.1. The van der Waals surface area contributed by atoms with Crippen LogP contribution in [-0.4, -0.2) is 43.7 Å². The minimum atomic E-state index is -0.861. The molecule has 0 aliphatic rings. The molecule has 0 saturated heterocycles. The van der Waals surface area contributed by atoms with E-state index in [1.807, 2.05) is 13.8 Å². The van der Waals surface area contributed by atoms with Crippen LogP contribution in [0, 0.1) is 10.1 Å². The Labute approximate surface area is 173 Å². The number of nitrogens with one attached hydrogen (secondary N) is 2. The third-order valence-corrected chi connectivity index (χ3v) is 3.86. The van der Waals surface area contributed by atoms with E-state index in [0.717, 1.165) is 6.07 Å². The van der Waals surface area contributed by atoms with Crippen molar-refractivity contribution >= 4 is 28.9 Å². The molecule has 10 heteroatoms. The van der Waals surface area contributed by atoms with Crippen LogP contribution in [0.2, 0.25) is 0 Å². The van der Waals surface area contributed by atoms with E-state index in [-0.39, 0.29) is 11.3 Å². The Balaban J connectivity index is 2.04. The first kappa shape index (κ1) is 22.5. The zero-order valence-corrected chi connectivity index (χ0v) is 16.9. The average Bonchev–Trinajstić information content (AvgIpc) is 2.73. The van der Waals surface area contributed by atoms with Gasteiger partial charge < -0.3 is 24.8 Å². The van der Waals surface area contributed by atoms with Crippen LogP contribution >= 0.6 is 0 Å². The first-order chi connectivity index (χ1) is 14.4. The number of nitrogens with zero attached hydrogens (tertiary/aromatic N) is 1. The van der Waals surface area contributed by atoms with Gasteiger partial charge in [0.15, 0.2) is 18.1 Å². The molecule has 2 aromatic rings. The lowest BCUT2D eigenvalue weighted by Crippen LogP contribution is -2.21. The summed E-state index contributed by atoms with van der Waals surface area (Å²) in [6.07, 6.45) is 0. The number of nitro groups is 1. The average molecular weight is 417 g/mol. The van der Waals surface area contributed by atoms with Crippen molar-refractivity contribution in [2.24, 2.45) is 0 Å². The van der Waals surface area contributed by atoms with Gasteiger partial charge in [-0.25, -0.2) is 4.79 Å². The van der Waals surface area contributed by atoms with Gasteiger partial charge in [0.25, 0.3) is 11.6 Å². The highest BCUT2D eigenvalue weighted by Gasteiger charge is 2.19. The third kappa shape index (κ3) is 5.84. The summed E-state index contributed by atoms with van der Waals surface area (Å²) < 4.78 is 16.0. The summed E-state index contributed by atoms with van der Waals surface area (Å²) in [4.78, 5) is 34.8. The van der Waals surface area contributed by atoms with Crippen LogP contribution in [0.4, 0.5) is 17.1 Å². The van der Waals surface area contributed by atoms with E-state index in [1.165, 1.54) is 12.1 Å². The van der Waals surface area contributed by atoms with Crippen molar-refractivity contribution in [1.29, 1.82) is 0 Å². The molecule has 0 unspecified atom stereocenters. The predicted molar refractivity (Wildman–Crippen MR) is 110 cm³/mol. The molecule has 0 saturated carbocycles. The number of rotatable bonds is 10. The lowest BCUT2D eigenvalue weighted by molar-refractivity contribution is -0.384. The van der Waals surface area contributed by atoms with Crippen molar-refractivity contribution in [3.05, 3.63) is 52.1 Å². The van der Waals surface area contributed by atoms with Gasteiger partial charge in [-0.1, -0.05) is 0 Å². The summed E-state index contributed by atoms with van der Waals surface area (Å²) >= 11 is 0. The highest BCUT2D eigenvalue weighted by atomic mass is 16.6. The molecule has 2 aromatic carbocycles. The second-order valence-electron chi connectivity index (χ2n) is 5.89. The largest absolute Gasteiger partial charge is 0.490 e. The van der Waals surface area contributed by atoms with Crippen molar-refractivity contribution < 1.29 is 28.7 Å². The van der Waals surface area contributed by atoms with Crippen LogP contribution in [0.5, 0.6) is 11.5 Å². The molecule has 0 fully saturated rings. The Morgan fingerprint density at radius 2 is 1.73 bits per heavy atom. The van der Waals surface area contributed by atoms with Crippen molar-refractivity contribution in [3.8, 4) is 11.5 Å². The Kier molecular flexibility index (Phi) is 7.98. The van der Waals surface area contributed by atoms with Gasteiger partial charge in [0, 0.05) is 36.6 Å². The Morgan fingerprint density at radius 3 is 2.37 bits per heavy atom. The van der Waals surface area contributed by atoms with E-state index in [2.05, 4.69) is 10.6 Å². The molecular weight excluding hydrogens is 394 g/mol. The molecule has 160 valence electrons. The minimum Gasteiger partial charge on any atom is -0.490 e. The second kappa shape index (κ2) is 10.6. The molecule has 0 aromatic heterocycles. The van der Waals surface area contributed by atoms with Crippen molar-refractivity contribution in [2.45, 2.75) is 13.8 Å². The molecule has 1 amide bonds. The molecule has 10 nitrogen and oxygen atoms in total. The maximum Gasteiger partial charge on any atom is 0.341 e. The van der Waals surface area contributed by atoms with Crippen LogP contribution in [0.1, 0.15) is 24.2 Å². The number of carbonyl (C=O) groups excluding carboxylic acids is 2. The van der Waals surface area contributed by atoms with Gasteiger partial charge in [0.05, 0.1) is 23.7 Å². The monoisotopic (exact) mass is 417 g/mol. The molecule has 30 heavy (non-hydrogen) atoms. The van der Waals surface area contributed by atoms with Gasteiger partial charge in [-0.05, 0) is 32.0 Å². The number of amides is 1. The highest BCUT2D eigenvalue weighted by molar-refractivity contribution is 5.99. The lowest BCUT2D eigenvalue weighted by Gasteiger charge is -2.13. The predicted octanol–water partition coefficient (Wildman–Crippen LogP) is 3.23. The van der Waals surface area contributed by atoms with E-state index >= 15 is 0 Å². The normalized spacial score (nSPS) is 10.1. The number of anilines is 2. The van der Waals surface area contributed by atoms with Crippen molar-refractivity contribution in [1.82, 2.24) is 0 Å². The summed E-state index contributed by atoms with van der Waals surface area (Å²) in [5.41, 5.74) is 0.482. The topological polar surface area (TPSA) is 129 Å². The van der Waals surface area contributed by atoms with E-state index in [0.29, 0.717) is 36.1 Å². The van der Waals surface area contributed by atoms with Crippen LogP contribution in [0.25, 0.3) is 0 Å². The minimum absolute atomic E-state index is 0.0424. The number of esters is 1. The summed E-state index contributed by atoms with van der Waals surface area (Å²) in [7, 11) is 1.56. The smallest absolute Gasteiger partial charge is 0.341 e. The van der Waals surface area contributed by atoms with E-state index in [4.69, 9.17) is 14.2 Å². The molecule has 0 bridgehead atoms. The summed E-state index contributed by atoms with van der Waals surface area (Å²) in [6, 6.07) is 8.65.